The van der Waals surface area contributed by atoms with E-state index in [4.69, 9.17) is 0 Å². The number of ether oxygens (including phenoxy) is 1. The minimum absolute atomic E-state index is 0.0667. The van der Waals surface area contributed by atoms with Crippen molar-refractivity contribution in [2.45, 2.75) is 32.9 Å². The van der Waals surface area contributed by atoms with Gasteiger partial charge in [0.2, 0.25) is 5.91 Å². The third-order valence-corrected chi connectivity index (χ3v) is 2.94. The van der Waals surface area contributed by atoms with Gasteiger partial charge in [-0.3, -0.25) is 4.79 Å². The molecule has 1 N–H and O–H groups in total. The number of benzene rings is 1. The molecule has 0 spiro atoms. The molecule has 0 bridgehead atoms. The minimum Gasteiger partial charge on any atom is -0.435 e. The zero-order chi connectivity index (χ0) is 16.1. The van der Waals surface area contributed by atoms with Crippen LogP contribution in [0.2, 0.25) is 0 Å². The highest BCUT2D eigenvalue weighted by Crippen LogP contribution is 2.16. The van der Waals surface area contributed by atoms with Gasteiger partial charge >= 0.3 is 6.61 Å². The van der Waals surface area contributed by atoms with Gasteiger partial charge in [0.15, 0.2) is 0 Å². The van der Waals surface area contributed by atoms with Crippen molar-refractivity contribution in [3.05, 3.63) is 42.1 Å². The number of carbonyl (C=O) groups is 1. The van der Waals surface area contributed by atoms with E-state index in [1.54, 1.807) is 29.1 Å². The van der Waals surface area contributed by atoms with Gasteiger partial charge in [-0.1, -0.05) is 12.1 Å². The summed E-state index contributed by atoms with van der Waals surface area (Å²) in [6, 6.07) is 7.84. The van der Waals surface area contributed by atoms with Crippen LogP contribution in [0.4, 0.5) is 14.6 Å². The summed E-state index contributed by atoms with van der Waals surface area (Å²) in [4.78, 5) is 12.0. The molecule has 0 fully saturated rings. The van der Waals surface area contributed by atoms with Gasteiger partial charge in [0, 0.05) is 12.1 Å². The van der Waals surface area contributed by atoms with Crippen LogP contribution in [-0.4, -0.2) is 22.3 Å². The lowest BCUT2D eigenvalue weighted by Gasteiger charge is -2.12. The third-order valence-electron chi connectivity index (χ3n) is 2.94. The van der Waals surface area contributed by atoms with Crippen LogP contribution in [0.1, 0.15) is 25.5 Å². The van der Waals surface area contributed by atoms with Gasteiger partial charge in [0.05, 0.1) is 12.6 Å². The molecule has 2 aromatic rings. The normalized spacial score (nSPS) is 11.0. The number of nitrogens with zero attached hydrogens (tertiary/aromatic N) is 2. The quantitative estimate of drug-likeness (QED) is 0.891. The maximum absolute atomic E-state index is 12.1. The zero-order valence-electron chi connectivity index (χ0n) is 12.3. The molecule has 0 aliphatic carbocycles. The van der Waals surface area contributed by atoms with Crippen LogP contribution in [-0.2, 0) is 11.2 Å². The van der Waals surface area contributed by atoms with Crippen LogP contribution >= 0.6 is 0 Å². The molecule has 0 radical (unpaired) electrons. The van der Waals surface area contributed by atoms with Crippen molar-refractivity contribution in [2.75, 3.05) is 5.32 Å². The molecular weight excluding hydrogens is 292 g/mol. The molecule has 7 heteroatoms. The second kappa shape index (κ2) is 7.02. The van der Waals surface area contributed by atoms with Crippen LogP contribution in [0.3, 0.4) is 0 Å². The summed E-state index contributed by atoms with van der Waals surface area (Å²) in [6.07, 6.45) is 1.75. The van der Waals surface area contributed by atoms with E-state index >= 15 is 0 Å². The summed E-state index contributed by atoms with van der Waals surface area (Å²) < 4.78 is 30.1. The predicted octanol–water partition coefficient (Wildman–Crippen LogP) is 3.25. The molecule has 1 amide bonds. The first-order chi connectivity index (χ1) is 10.5. The van der Waals surface area contributed by atoms with Gasteiger partial charge < -0.3 is 10.1 Å². The van der Waals surface area contributed by atoms with Gasteiger partial charge in [0.25, 0.3) is 0 Å². The summed E-state index contributed by atoms with van der Waals surface area (Å²) in [5, 5.41) is 6.91. The minimum atomic E-state index is -2.86. The summed E-state index contributed by atoms with van der Waals surface area (Å²) in [5.41, 5.74) is 0.703. The van der Waals surface area contributed by atoms with Crippen molar-refractivity contribution >= 4 is 11.7 Å². The Bertz CT molecular complexity index is 624. The summed E-state index contributed by atoms with van der Waals surface area (Å²) in [7, 11) is 0. The Morgan fingerprint density at radius 1 is 1.27 bits per heavy atom. The van der Waals surface area contributed by atoms with Gasteiger partial charge in [-0.25, -0.2) is 4.68 Å². The lowest BCUT2D eigenvalue weighted by molar-refractivity contribution is -0.115. The van der Waals surface area contributed by atoms with E-state index in [2.05, 4.69) is 15.2 Å². The summed E-state index contributed by atoms with van der Waals surface area (Å²) in [6.45, 7) is 1.07. The number of alkyl halides is 2. The Kier molecular flexibility index (Phi) is 5.08. The lowest BCUT2D eigenvalue weighted by atomic mass is 10.1. The molecular formula is C15H17F2N3O2. The Morgan fingerprint density at radius 2 is 1.95 bits per heavy atom. The molecule has 1 aromatic carbocycles. The average Bonchev–Trinajstić information content (AvgIpc) is 2.88. The summed E-state index contributed by atoms with van der Waals surface area (Å²) >= 11 is 0. The highest BCUT2D eigenvalue weighted by molar-refractivity contribution is 5.91. The van der Waals surface area contributed by atoms with Crippen molar-refractivity contribution < 1.29 is 18.3 Å². The number of amides is 1. The lowest BCUT2D eigenvalue weighted by Crippen LogP contribution is -2.18. The van der Waals surface area contributed by atoms with Crippen LogP contribution < -0.4 is 10.1 Å². The fourth-order valence-corrected chi connectivity index (χ4v) is 1.99. The first-order valence-electron chi connectivity index (χ1n) is 6.83. The Morgan fingerprint density at radius 3 is 2.55 bits per heavy atom. The van der Waals surface area contributed by atoms with E-state index in [0.717, 1.165) is 0 Å². The third kappa shape index (κ3) is 4.28. The molecule has 0 aliphatic rings. The Hall–Kier alpha value is -2.44. The second-order valence-corrected chi connectivity index (χ2v) is 5.00. The number of hydrogen-bond donors (Lipinski definition) is 1. The number of nitrogens with one attached hydrogen (secondary N) is 1. The first kappa shape index (κ1) is 15.9. The fourth-order valence-electron chi connectivity index (χ4n) is 1.99. The van der Waals surface area contributed by atoms with Crippen molar-refractivity contribution in [1.29, 1.82) is 0 Å². The van der Waals surface area contributed by atoms with Gasteiger partial charge in [0.1, 0.15) is 11.6 Å². The van der Waals surface area contributed by atoms with E-state index in [9.17, 15) is 13.6 Å². The number of anilines is 1. The molecule has 5 nitrogen and oxygen atoms in total. The largest absolute Gasteiger partial charge is 0.435 e. The van der Waals surface area contributed by atoms with Crippen molar-refractivity contribution in [2.24, 2.45) is 0 Å². The van der Waals surface area contributed by atoms with Gasteiger partial charge in [-0.15, -0.1) is 0 Å². The Labute approximate surface area is 126 Å². The van der Waals surface area contributed by atoms with E-state index in [1.807, 2.05) is 13.8 Å². The highest BCUT2D eigenvalue weighted by Gasteiger charge is 2.10. The van der Waals surface area contributed by atoms with Crippen LogP contribution in [0.15, 0.2) is 36.5 Å². The Balaban J connectivity index is 1.95. The molecule has 0 aliphatic heterocycles. The monoisotopic (exact) mass is 309 g/mol. The molecule has 0 saturated heterocycles. The second-order valence-electron chi connectivity index (χ2n) is 5.00. The smallest absolute Gasteiger partial charge is 0.387 e. The van der Waals surface area contributed by atoms with Crippen LogP contribution in [0.5, 0.6) is 5.75 Å². The number of aromatic nitrogens is 2. The number of rotatable bonds is 6. The maximum atomic E-state index is 12.1. The molecule has 22 heavy (non-hydrogen) atoms. The highest BCUT2D eigenvalue weighted by atomic mass is 19.3. The molecule has 0 unspecified atom stereocenters. The first-order valence-corrected chi connectivity index (χ1v) is 6.83. The zero-order valence-corrected chi connectivity index (χ0v) is 12.3. The average molecular weight is 309 g/mol. The summed E-state index contributed by atoms with van der Waals surface area (Å²) in [5.74, 6) is 0.486. The van der Waals surface area contributed by atoms with E-state index in [1.165, 1.54) is 12.1 Å². The number of carbonyl (C=O) groups excluding carboxylic acids is 1. The topological polar surface area (TPSA) is 56.2 Å². The molecule has 118 valence electrons. The van der Waals surface area contributed by atoms with Crippen LogP contribution in [0.25, 0.3) is 0 Å². The van der Waals surface area contributed by atoms with Gasteiger partial charge in [-0.05, 0) is 31.5 Å². The molecule has 2 rings (SSSR count). The van der Waals surface area contributed by atoms with E-state index < -0.39 is 6.61 Å². The van der Waals surface area contributed by atoms with Crippen LogP contribution in [0, 0.1) is 0 Å². The predicted molar refractivity (Wildman–Crippen MR) is 78.0 cm³/mol. The van der Waals surface area contributed by atoms with Crippen molar-refractivity contribution in [3.8, 4) is 5.75 Å². The van der Waals surface area contributed by atoms with Crippen molar-refractivity contribution in [1.82, 2.24) is 9.78 Å². The molecule has 0 saturated carbocycles. The SMILES string of the molecule is CC(C)n1nccc1NC(=O)Cc1ccc(OC(F)F)cc1. The molecule has 1 aromatic heterocycles. The van der Waals surface area contributed by atoms with E-state index in [-0.39, 0.29) is 24.1 Å². The fraction of sp³-hybridized carbons (Fsp3) is 0.333. The maximum Gasteiger partial charge on any atom is 0.387 e. The molecule has 0 atom stereocenters. The standard InChI is InChI=1S/C15H17F2N3O2/c1-10(2)20-13(7-8-18-20)19-14(21)9-11-3-5-12(6-4-11)22-15(16)17/h3-8,10,15H,9H2,1-2H3,(H,19,21). The van der Waals surface area contributed by atoms with E-state index in [0.29, 0.717) is 11.4 Å². The number of halogens is 2. The van der Waals surface area contributed by atoms with Crippen molar-refractivity contribution in [3.63, 3.8) is 0 Å². The van der Waals surface area contributed by atoms with Gasteiger partial charge in [-0.2, -0.15) is 13.9 Å². The number of hydrogen-bond acceptors (Lipinski definition) is 3. The molecule has 1 heterocycles.